The molecule has 1 aromatic rings. The number of halogens is 1. The van der Waals surface area contributed by atoms with E-state index in [1.165, 1.54) is 0 Å². The maximum Gasteiger partial charge on any atom is 0.311 e. The highest BCUT2D eigenvalue weighted by Crippen LogP contribution is 2.44. The number of ether oxygens (including phenoxy) is 1. The number of aliphatic carboxylic acids is 1. The summed E-state index contributed by atoms with van der Waals surface area (Å²) in [6.45, 7) is 4.71. The van der Waals surface area contributed by atoms with Crippen LogP contribution in [0.5, 0.6) is 5.75 Å². The molecule has 0 aromatic heterocycles. The van der Waals surface area contributed by atoms with Gasteiger partial charge in [-0.05, 0) is 73.6 Å². The van der Waals surface area contributed by atoms with E-state index < -0.39 is 18.0 Å². The number of aliphatic hydroxyl groups is 1. The molecule has 1 saturated carbocycles. The lowest BCUT2D eigenvalue weighted by atomic mass is 9.70. The molecule has 0 radical (unpaired) electrons. The molecule has 41 heavy (non-hydrogen) atoms. The van der Waals surface area contributed by atoms with Gasteiger partial charge in [-0.1, -0.05) is 55.3 Å². The maximum atomic E-state index is 13.0. The van der Waals surface area contributed by atoms with E-state index >= 15 is 0 Å². The van der Waals surface area contributed by atoms with Crippen LogP contribution in [0.2, 0.25) is 0 Å². The first-order chi connectivity index (χ1) is 19.6. The molecule has 7 nitrogen and oxygen atoms in total. The van der Waals surface area contributed by atoms with Crippen molar-refractivity contribution in [1.82, 2.24) is 4.90 Å². The minimum absolute atomic E-state index is 0.111. The normalized spacial score (nSPS) is 33.7. The summed E-state index contributed by atoms with van der Waals surface area (Å²) in [5.41, 5.74) is 1.26. The van der Waals surface area contributed by atoms with Crippen molar-refractivity contribution in [2.24, 2.45) is 23.2 Å². The standard InChI is InChI=1S/C33H43ClN2O5/c1-33-14-13-25(34)18-24(33)7-3-6-16-36-20-23-9-11-26(23)29(37)8-4-5-15-35(2)31(38)19-27(32(39)40)22-10-12-30(41-21-33)28(36)17-22/h4,8,10,12-14,17-18,23-24,26-27,29,37H,3,5-7,9,11,15-16,19-21H2,1-2H3,(H,39,40)/b8-4+/t23-,24?,26+,27?,29-,33?/m0/s1. The van der Waals surface area contributed by atoms with E-state index in [0.717, 1.165) is 61.7 Å². The van der Waals surface area contributed by atoms with E-state index in [0.29, 0.717) is 31.1 Å². The summed E-state index contributed by atoms with van der Waals surface area (Å²) in [6, 6.07) is 5.62. The number of allylic oxidation sites excluding steroid dienone is 3. The van der Waals surface area contributed by atoms with E-state index in [-0.39, 0.29) is 29.6 Å². The summed E-state index contributed by atoms with van der Waals surface area (Å²) in [6.07, 6.45) is 15.1. The van der Waals surface area contributed by atoms with Crippen molar-refractivity contribution in [2.75, 3.05) is 38.2 Å². The van der Waals surface area contributed by atoms with E-state index in [9.17, 15) is 19.8 Å². The van der Waals surface area contributed by atoms with Crippen LogP contribution in [0.15, 0.2) is 53.6 Å². The third-order valence-electron chi connectivity index (χ3n) is 9.73. The van der Waals surface area contributed by atoms with Gasteiger partial charge in [0.25, 0.3) is 0 Å². The summed E-state index contributed by atoms with van der Waals surface area (Å²) < 4.78 is 6.58. The summed E-state index contributed by atoms with van der Waals surface area (Å²) in [4.78, 5) is 29.4. The molecule has 6 atom stereocenters. The van der Waals surface area contributed by atoms with Crippen molar-refractivity contribution in [3.63, 3.8) is 0 Å². The average Bonchev–Trinajstić information content (AvgIpc) is 2.95. The third kappa shape index (κ3) is 6.67. The fraction of sp³-hybridized carbons (Fsp3) is 0.576. The number of carbonyl (C=O) groups is 2. The Morgan fingerprint density at radius 1 is 1.17 bits per heavy atom. The van der Waals surface area contributed by atoms with Gasteiger partial charge in [0.2, 0.25) is 5.91 Å². The summed E-state index contributed by atoms with van der Waals surface area (Å²) >= 11 is 6.40. The van der Waals surface area contributed by atoms with E-state index in [1.54, 1.807) is 18.0 Å². The second-order valence-electron chi connectivity index (χ2n) is 12.6. The van der Waals surface area contributed by atoms with Gasteiger partial charge < -0.3 is 24.7 Å². The van der Waals surface area contributed by atoms with Crippen molar-refractivity contribution < 1.29 is 24.5 Å². The van der Waals surface area contributed by atoms with Gasteiger partial charge in [-0.25, -0.2) is 0 Å². The lowest BCUT2D eigenvalue weighted by molar-refractivity contribution is -0.142. The number of hydrogen-bond acceptors (Lipinski definition) is 5. The minimum Gasteiger partial charge on any atom is -0.490 e. The van der Waals surface area contributed by atoms with Crippen molar-refractivity contribution in [3.05, 3.63) is 59.2 Å². The van der Waals surface area contributed by atoms with Crippen LogP contribution in [-0.4, -0.2) is 66.4 Å². The number of nitrogens with zero attached hydrogens (tertiary/aromatic N) is 2. The van der Waals surface area contributed by atoms with Gasteiger partial charge in [0.15, 0.2) is 0 Å². The number of hydrogen-bond donors (Lipinski definition) is 2. The van der Waals surface area contributed by atoms with Crippen LogP contribution >= 0.6 is 11.6 Å². The Balaban J connectivity index is 1.54. The minimum atomic E-state index is -1.01. The first-order valence-electron chi connectivity index (χ1n) is 15.0. The van der Waals surface area contributed by atoms with Crippen LogP contribution in [0.1, 0.15) is 63.4 Å². The Kier molecular flexibility index (Phi) is 9.15. The summed E-state index contributed by atoms with van der Waals surface area (Å²) in [5, 5.41) is 21.9. The van der Waals surface area contributed by atoms with Crippen molar-refractivity contribution in [1.29, 1.82) is 0 Å². The van der Waals surface area contributed by atoms with Crippen molar-refractivity contribution in [3.8, 4) is 5.75 Å². The number of benzene rings is 1. The molecular formula is C33H43ClN2O5. The molecule has 0 spiro atoms. The summed E-state index contributed by atoms with van der Waals surface area (Å²) in [7, 11) is 1.71. The zero-order valence-corrected chi connectivity index (χ0v) is 24.9. The molecule has 0 saturated heterocycles. The first-order valence-corrected chi connectivity index (χ1v) is 15.4. The molecule has 3 unspecified atom stereocenters. The van der Waals surface area contributed by atoms with E-state index in [2.05, 4.69) is 24.0 Å². The molecule has 2 bridgehead atoms. The Bertz CT molecular complexity index is 1230. The predicted octanol–water partition coefficient (Wildman–Crippen LogP) is 5.73. The molecule has 1 amide bonds. The highest BCUT2D eigenvalue weighted by molar-refractivity contribution is 6.31. The number of amides is 1. The quantitative estimate of drug-likeness (QED) is 0.411. The predicted molar refractivity (Wildman–Crippen MR) is 161 cm³/mol. The van der Waals surface area contributed by atoms with Crippen LogP contribution < -0.4 is 9.64 Å². The van der Waals surface area contributed by atoms with Gasteiger partial charge in [0.1, 0.15) is 5.75 Å². The van der Waals surface area contributed by atoms with Crippen LogP contribution in [0.3, 0.4) is 0 Å². The molecule has 5 rings (SSSR count). The van der Waals surface area contributed by atoms with Gasteiger partial charge in [-0.3, -0.25) is 9.59 Å². The van der Waals surface area contributed by atoms with Crippen molar-refractivity contribution >= 4 is 29.2 Å². The monoisotopic (exact) mass is 582 g/mol. The SMILES string of the molecule is CN1CC/C=C/[C@H](O)[C@@H]2CC[C@H]2CN2CCCCC3C=C(Cl)C=CC3(C)COc3ccc(cc32)C(C(=O)O)CC1=O. The number of carbonyl (C=O) groups excluding carboxylic acids is 1. The zero-order valence-electron chi connectivity index (χ0n) is 24.2. The van der Waals surface area contributed by atoms with Crippen LogP contribution in [-0.2, 0) is 9.59 Å². The number of carboxylic acid groups (broad SMARTS) is 1. The number of fused-ring (bicyclic) bond motifs is 3. The molecule has 2 N–H and O–H groups in total. The van der Waals surface area contributed by atoms with Gasteiger partial charge in [0.05, 0.1) is 24.3 Å². The first kappa shape index (κ1) is 29.7. The van der Waals surface area contributed by atoms with Gasteiger partial charge in [-0.2, -0.15) is 0 Å². The van der Waals surface area contributed by atoms with Gasteiger partial charge in [0, 0.05) is 43.6 Å². The maximum absolute atomic E-state index is 13.0. The number of aliphatic hydroxyl groups excluding tert-OH is 1. The molecule has 4 aliphatic rings. The van der Waals surface area contributed by atoms with Gasteiger partial charge in [-0.15, -0.1) is 0 Å². The zero-order chi connectivity index (χ0) is 29.1. The Labute approximate surface area is 248 Å². The van der Waals surface area contributed by atoms with Crippen LogP contribution in [0.25, 0.3) is 0 Å². The molecule has 2 aliphatic carbocycles. The van der Waals surface area contributed by atoms with Crippen LogP contribution in [0, 0.1) is 23.2 Å². The molecular weight excluding hydrogens is 540 g/mol. The van der Waals surface area contributed by atoms with E-state index in [1.807, 2.05) is 30.4 Å². The van der Waals surface area contributed by atoms with Crippen molar-refractivity contribution in [2.45, 2.75) is 63.9 Å². The topological polar surface area (TPSA) is 90.3 Å². The molecule has 222 valence electrons. The number of anilines is 1. The van der Waals surface area contributed by atoms with E-state index in [4.69, 9.17) is 16.3 Å². The number of carboxylic acids is 1. The summed E-state index contributed by atoms with van der Waals surface area (Å²) in [5.74, 6) is -0.686. The molecule has 8 heteroatoms. The second-order valence-corrected chi connectivity index (χ2v) is 13.0. The van der Waals surface area contributed by atoms with Gasteiger partial charge >= 0.3 is 5.97 Å². The average molecular weight is 583 g/mol. The Morgan fingerprint density at radius 3 is 2.76 bits per heavy atom. The smallest absolute Gasteiger partial charge is 0.311 e. The molecule has 2 heterocycles. The highest BCUT2D eigenvalue weighted by atomic mass is 35.5. The fourth-order valence-corrected chi connectivity index (χ4v) is 6.95. The Morgan fingerprint density at radius 2 is 2.00 bits per heavy atom. The molecule has 1 aromatic carbocycles. The third-order valence-corrected chi connectivity index (χ3v) is 9.98. The lowest BCUT2D eigenvalue weighted by Gasteiger charge is -2.42. The number of rotatable bonds is 1. The van der Waals surface area contributed by atoms with Crippen LogP contribution in [0.4, 0.5) is 5.69 Å². The highest BCUT2D eigenvalue weighted by Gasteiger charge is 2.38. The Hall–Kier alpha value is -2.77. The second kappa shape index (κ2) is 12.6. The lowest BCUT2D eigenvalue weighted by Crippen LogP contribution is -2.43. The fourth-order valence-electron chi connectivity index (χ4n) is 6.73. The molecule has 1 fully saturated rings. The molecule has 2 aliphatic heterocycles. The largest absolute Gasteiger partial charge is 0.490 e.